The van der Waals surface area contributed by atoms with E-state index in [0.29, 0.717) is 12.4 Å². The van der Waals surface area contributed by atoms with Crippen molar-refractivity contribution in [1.29, 1.82) is 0 Å². The second-order valence-corrected chi connectivity index (χ2v) is 3.66. The lowest BCUT2D eigenvalue weighted by molar-refractivity contribution is 0.226. The fourth-order valence-corrected chi connectivity index (χ4v) is 1.60. The van der Waals surface area contributed by atoms with E-state index in [1.807, 2.05) is 6.92 Å². The van der Waals surface area contributed by atoms with Crippen molar-refractivity contribution in [2.75, 3.05) is 6.61 Å². The molecule has 0 bridgehead atoms. The number of nitrogens with two attached hydrogens (primary N) is 1. The van der Waals surface area contributed by atoms with Gasteiger partial charge in [0.05, 0.1) is 6.61 Å². The molecule has 1 unspecified atom stereocenters. The van der Waals surface area contributed by atoms with Crippen molar-refractivity contribution in [2.24, 2.45) is 5.73 Å². The topological polar surface area (TPSA) is 35.2 Å². The first kappa shape index (κ1) is 8.51. The van der Waals surface area contributed by atoms with E-state index in [1.165, 1.54) is 12.1 Å². The molecule has 1 atom stereocenters. The predicted octanol–water partition coefficient (Wildman–Crippen LogP) is 1.78. The highest BCUT2D eigenvalue weighted by atomic mass is 19.1. The number of ether oxygens (including phenoxy) is 1. The van der Waals surface area contributed by atoms with E-state index in [1.54, 1.807) is 6.07 Å². The van der Waals surface area contributed by atoms with Gasteiger partial charge >= 0.3 is 0 Å². The van der Waals surface area contributed by atoms with Crippen molar-refractivity contribution in [3.63, 3.8) is 0 Å². The summed E-state index contributed by atoms with van der Waals surface area (Å²) in [5, 5.41) is 0. The summed E-state index contributed by atoms with van der Waals surface area (Å²) < 4.78 is 18.1. The number of hydrogen-bond acceptors (Lipinski definition) is 2. The summed E-state index contributed by atoms with van der Waals surface area (Å²) in [7, 11) is 0. The average molecular weight is 181 g/mol. The maximum atomic E-state index is 12.8. The molecular weight excluding hydrogens is 169 g/mol. The summed E-state index contributed by atoms with van der Waals surface area (Å²) in [5.74, 6) is 0.299. The Balaban J connectivity index is 2.53. The van der Waals surface area contributed by atoms with Gasteiger partial charge in [-0.3, -0.25) is 0 Å². The van der Waals surface area contributed by atoms with Crippen molar-refractivity contribution >= 4 is 0 Å². The Morgan fingerprint density at radius 1 is 1.54 bits per heavy atom. The van der Waals surface area contributed by atoms with Gasteiger partial charge in [0.15, 0.2) is 0 Å². The molecule has 0 amide bonds. The van der Waals surface area contributed by atoms with Crippen LogP contribution in [0.2, 0.25) is 0 Å². The zero-order valence-electron chi connectivity index (χ0n) is 7.51. The first-order chi connectivity index (χ1) is 6.09. The number of halogens is 1. The first-order valence-electron chi connectivity index (χ1n) is 4.31. The molecular formula is C10H12FNO. The van der Waals surface area contributed by atoms with Crippen LogP contribution in [0, 0.1) is 5.82 Å². The van der Waals surface area contributed by atoms with Gasteiger partial charge in [-0.25, -0.2) is 4.39 Å². The van der Waals surface area contributed by atoms with Crippen molar-refractivity contribution < 1.29 is 9.13 Å². The van der Waals surface area contributed by atoms with Crippen LogP contribution in [0.25, 0.3) is 0 Å². The average Bonchev–Trinajstić information content (AvgIpc) is 2.02. The van der Waals surface area contributed by atoms with Gasteiger partial charge in [-0.2, -0.15) is 0 Å². The molecule has 0 fully saturated rings. The van der Waals surface area contributed by atoms with Gasteiger partial charge < -0.3 is 10.5 Å². The zero-order chi connectivity index (χ0) is 9.47. The fourth-order valence-electron chi connectivity index (χ4n) is 1.60. The third-order valence-corrected chi connectivity index (χ3v) is 2.44. The Labute approximate surface area is 76.5 Å². The van der Waals surface area contributed by atoms with E-state index in [0.717, 1.165) is 12.0 Å². The second-order valence-electron chi connectivity index (χ2n) is 3.66. The molecule has 0 aromatic heterocycles. The lowest BCUT2D eigenvalue weighted by Gasteiger charge is -2.32. The van der Waals surface area contributed by atoms with E-state index in [-0.39, 0.29) is 11.4 Å². The minimum Gasteiger partial charge on any atom is -0.493 e. The highest BCUT2D eigenvalue weighted by Gasteiger charge is 2.29. The molecule has 2 rings (SSSR count). The summed E-state index contributed by atoms with van der Waals surface area (Å²) >= 11 is 0. The van der Waals surface area contributed by atoms with Gasteiger partial charge in [0, 0.05) is 23.6 Å². The highest BCUT2D eigenvalue weighted by molar-refractivity contribution is 5.40. The summed E-state index contributed by atoms with van der Waals surface area (Å²) in [4.78, 5) is 0. The quantitative estimate of drug-likeness (QED) is 0.662. The minimum atomic E-state index is -0.388. The van der Waals surface area contributed by atoms with Crippen molar-refractivity contribution in [1.82, 2.24) is 0 Å². The van der Waals surface area contributed by atoms with Gasteiger partial charge in [0.2, 0.25) is 0 Å². The van der Waals surface area contributed by atoms with Crippen LogP contribution in [0.5, 0.6) is 5.75 Å². The number of rotatable bonds is 0. The lowest BCUT2D eigenvalue weighted by Crippen LogP contribution is -2.38. The maximum Gasteiger partial charge on any atom is 0.127 e. The predicted molar refractivity (Wildman–Crippen MR) is 48.1 cm³/mol. The smallest absolute Gasteiger partial charge is 0.127 e. The van der Waals surface area contributed by atoms with Crippen molar-refractivity contribution in [2.45, 2.75) is 18.9 Å². The van der Waals surface area contributed by atoms with E-state index in [9.17, 15) is 4.39 Å². The van der Waals surface area contributed by atoms with Crippen LogP contribution in [-0.2, 0) is 5.54 Å². The maximum absolute atomic E-state index is 12.8. The van der Waals surface area contributed by atoms with Crippen LogP contribution >= 0.6 is 0 Å². The molecule has 0 saturated carbocycles. The van der Waals surface area contributed by atoms with Gasteiger partial charge in [-0.15, -0.1) is 0 Å². The largest absolute Gasteiger partial charge is 0.493 e. The van der Waals surface area contributed by atoms with Crippen LogP contribution in [0.3, 0.4) is 0 Å². The molecule has 0 radical (unpaired) electrons. The summed E-state index contributed by atoms with van der Waals surface area (Å²) in [5.41, 5.74) is 6.54. The molecule has 70 valence electrons. The van der Waals surface area contributed by atoms with E-state index in [2.05, 4.69) is 0 Å². The second kappa shape index (κ2) is 2.70. The summed E-state index contributed by atoms with van der Waals surface area (Å²) in [6.07, 6.45) is 0.769. The Morgan fingerprint density at radius 2 is 2.31 bits per heavy atom. The monoisotopic (exact) mass is 181 g/mol. The van der Waals surface area contributed by atoms with Crippen LogP contribution in [0.1, 0.15) is 18.9 Å². The number of fused-ring (bicyclic) bond motifs is 1. The van der Waals surface area contributed by atoms with Gasteiger partial charge in [0.25, 0.3) is 0 Å². The molecule has 2 nitrogen and oxygen atoms in total. The standard InChI is InChI=1S/C10H12FNO/c1-10(12)4-5-13-9-6-7(11)2-3-8(9)10/h2-3,6H,4-5,12H2,1H3. The highest BCUT2D eigenvalue weighted by Crippen LogP contribution is 2.34. The fraction of sp³-hybridized carbons (Fsp3) is 0.400. The minimum absolute atomic E-state index is 0.281. The molecule has 1 aliphatic rings. The Morgan fingerprint density at radius 3 is 3.08 bits per heavy atom. The molecule has 13 heavy (non-hydrogen) atoms. The zero-order valence-corrected chi connectivity index (χ0v) is 7.51. The third-order valence-electron chi connectivity index (χ3n) is 2.44. The molecule has 2 N–H and O–H groups in total. The van der Waals surface area contributed by atoms with Crippen LogP contribution in [0.4, 0.5) is 4.39 Å². The summed E-state index contributed by atoms with van der Waals surface area (Å²) in [6, 6.07) is 4.50. The number of benzene rings is 1. The molecule has 0 aliphatic carbocycles. The Hall–Kier alpha value is -1.09. The van der Waals surface area contributed by atoms with Crippen LogP contribution in [0.15, 0.2) is 18.2 Å². The number of hydrogen-bond donors (Lipinski definition) is 1. The molecule has 3 heteroatoms. The Kier molecular flexibility index (Phi) is 1.77. The van der Waals surface area contributed by atoms with E-state index < -0.39 is 0 Å². The van der Waals surface area contributed by atoms with Crippen molar-refractivity contribution in [3.05, 3.63) is 29.6 Å². The lowest BCUT2D eigenvalue weighted by atomic mass is 9.88. The van der Waals surface area contributed by atoms with Crippen LogP contribution in [-0.4, -0.2) is 6.61 Å². The molecule has 1 aliphatic heterocycles. The SMILES string of the molecule is CC1(N)CCOc2cc(F)ccc21. The van der Waals surface area contributed by atoms with Gasteiger partial charge in [-0.1, -0.05) is 6.07 Å². The van der Waals surface area contributed by atoms with E-state index >= 15 is 0 Å². The van der Waals surface area contributed by atoms with Gasteiger partial charge in [0.1, 0.15) is 11.6 Å². The first-order valence-corrected chi connectivity index (χ1v) is 4.31. The normalized spacial score (nSPS) is 26.4. The van der Waals surface area contributed by atoms with E-state index in [4.69, 9.17) is 10.5 Å². The molecule has 0 spiro atoms. The molecule has 1 aromatic carbocycles. The Bertz CT molecular complexity index is 336. The third kappa shape index (κ3) is 1.40. The molecule has 1 aromatic rings. The summed E-state index contributed by atoms with van der Waals surface area (Å²) in [6.45, 7) is 2.50. The van der Waals surface area contributed by atoms with Crippen LogP contribution < -0.4 is 10.5 Å². The van der Waals surface area contributed by atoms with Crippen molar-refractivity contribution in [3.8, 4) is 5.75 Å². The molecule has 0 saturated heterocycles. The van der Waals surface area contributed by atoms with Gasteiger partial charge in [-0.05, 0) is 13.0 Å². The molecule has 1 heterocycles.